The van der Waals surface area contributed by atoms with Gasteiger partial charge in [-0.05, 0) is 39.7 Å². The van der Waals surface area contributed by atoms with Crippen LogP contribution in [0.5, 0.6) is 5.75 Å². The summed E-state index contributed by atoms with van der Waals surface area (Å²) in [6, 6.07) is 6.22. The average molecular weight is 415 g/mol. The zero-order valence-corrected chi connectivity index (χ0v) is 18.3. The number of fused-ring (bicyclic) bond motifs is 3. The molecule has 0 aliphatic carbocycles. The number of ether oxygens (including phenoxy) is 1. The van der Waals surface area contributed by atoms with Crippen LogP contribution < -0.4 is 10.1 Å². The number of benzene rings is 1. The number of rotatable bonds is 9. The third kappa shape index (κ3) is 5.07. The largest absolute Gasteiger partial charge is 0.493 e. The molecular formula is C21H30N6OS. The van der Waals surface area contributed by atoms with Crippen LogP contribution in [0.3, 0.4) is 0 Å². The molecule has 0 saturated carbocycles. The predicted molar refractivity (Wildman–Crippen MR) is 119 cm³/mol. The van der Waals surface area contributed by atoms with Crippen molar-refractivity contribution in [3.05, 3.63) is 34.8 Å². The fourth-order valence-corrected chi connectivity index (χ4v) is 4.57. The van der Waals surface area contributed by atoms with Gasteiger partial charge in [0.15, 0.2) is 0 Å². The van der Waals surface area contributed by atoms with Crippen molar-refractivity contribution in [2.75, 3.05) is 52.7 Å². The molecule has 156 valence electrons. The van der Waals surface area contributed by atoms with Crippen LogP contribution in [0.1, 0.15) is 11.4 Å². The molecule has 3 heterocycles. The number of anilines is 1. The highest BCUT2D eigenvalue weighted by atomic mass is 32.1. The van der Waals surface area contributed by atoms with Crippen LogP contribution in [0.15, 0.2) is 29.8 Å². The Kier molecular flexibility index (Phi) is 6.32. The first-order valence-corrected chi connectivity index (χ1v) is 11.0. The van der Waals surface area contributed by atoms with E-state index in [2.05, 4.69) is 57.9 Å². The fourth-order valence-electron chi connectivity index (χ4n) is 3.87. The van der Waals surface area contributed by atoms with Crippen molar-refractivity contribution < 1.29 is 4.74 Å². The second-order valence-electron chi connectivity index (χ2n) is 8.07. The van der Waals surface area contributed by atoms with E-state index in [4.69, 9.17) is 9.72 Å². The van der Waals surface area contributed by atoms with Crippen LogP contribution in [0.4, 0.5) is 5.95 Å². The van der Waals surface area contributed by atoms with E-state index in [9.17, 15) is 0 Å². The van der Waals surface area contributed by atoms with Gasteiger partial charge in [0.25, 0.3) is 0 Å². The number of thiazole rings is 1. The van der Waals surface area contributed by atoms with E-state index in [1.165, 1.54) is 0 Å². The summed E-state index contributed by atoms with van der Waals surface area (Å²) < 4.78 is 8.34. The highest BCUT2D eigenvalue weighted by Crippen LogP contribution is 2.28. The van der Waals surface area contributed by atoms with E-state index in [-0.39, 0.29) is 0 Å². The van der Waals surface area contributed by atoms with Gasteiger partial charge in [0.2, 0.25) is 5.95 Å². The molecule has 3 aromatic rings. The van der Waals surface area contributed by atoms with Gasteiger partial charge >= 0.3 is 0 Å². The second kappa shape index (κ2) is 9.11. The summed E-state index contributed by atoms with van der Waals surface area (Å²) in [6.07, 6.45) is 2.84. The molecule has 0 radical (unpaired) electrons. The Morgan fingerprint density at radius 2 is 2.21 bits per heavy atom. The molecule has 1 aromatic carbocycles. The molecular weight excluding hydrogens is 384 g/mol. The third-order valence-electron chi connectivity index (χ3n) is 5.17. The van der Waals surface area contributed by atoms with Crippen LogP contribution in [0.2, 0.25) is 0 Å². The van der Waals surface area contributed by atoms with E-state index in [0.717, 1.165) is 66.9 Å². The molecule has 1 aliphatic heterocycles. The first-order valence-electron chi connectivity index (χ1n) is 10.2. The Morgan fingerprint density at radius 1 is 1.31 bits per heavy atom. The zero-order valence-electron chi connectivity index (χ0n) is 17.5. The monoisotopic (exact) mass is 414 g/mol. The smallest absolute Gasteiger partial charge is 0.203 e. The summed E-state index contributed by atoms with van der Waals surface area (Å²) in [4.78, 5) is 13.6. The molecule has 0 fully saturated rings. The lowest BCUT2D eigenvalue weighted by Crippen LogP contribution is -2.34. The Bertz CT molecular complexity index is 923. The molecule has 0 amide bonds. The minimum atomic E-state index is 0.577. The molecule has 4 rings (SSSR count). The number of aromatic nitrogens is 3. The minimum Gasteiger partial charge on any atom is -0.493 e. The molecule has 1 N–H and O–H groups in total. The number of hydrogen-bond acceptors (Lipinski definition) is 7. The van der Waals surface area contributed by atoms with E-state index in [0.29, 0.717) is 12.5 Å². The third-order valence-corrected chi connectivity index (χ3v) is 5.94. The molecule has 29 heavy (non-hydrogen) atoms. The number of nitrogens with one attached hydrogen (secondary N) is 1. The molecule has 1 aliphatic rings. The molecule has 0 bridgehead atoms. The molecule has 8 heteroatoms. The lowest BCUT2D eigenvalue weighted by molar-refractivity contribution is 0.258. The lowest BCUT2D eigenvalue weighted by atomic mass is 10.1. The summed E-state index contributed by atoms with van der Waals surface area (Å²) >= 11 is 1.70. The number of nitrogens with zero attached hydrogens (tertiary/aromatic N) is 5. The quantitative estimate of drug-likeness (QED) is 0.543. The number of imidazole rings is 1. The first kappa shape index (κ1) is 20.1. The lowest BCUT2D eigenvalue weighted by Gasteiger charge is -2.27. The molecule has 2 aromatic heterocycles. The van der Waals surface area contributed by atoms with Crippen molar-refractivity contribution >= 4 is 28.3 Å². The average Bonchev–Trinajstić information content (AvgIpc) is 3.32. The van der Waals surface area contributed by atoms with Gasteiger partial charge in [-0.2, -0.15) is 0 Å². The van der Waals surface area contributed by atoms with Crippen LogP contribution in [-0.2, 0) is 13.1 Å². The summed E-state index contributed by atoms with van der Waals surface area (Å²) in [5.41, 5.74) is 2.17. The van der Waals surface area contributed by atoms with Crippen molar-refractivity contribution in [1.82, 2.24) is 24.3 Å². The van der Waals surface area contributed by atoms with E-state index < -0.39 is 0 Å². The molecule has 7 nitrogen and oxygen atoms in total. The van der Waals surface area contributed by atoms with Gasteiger partial charge in [0.1, 0.15) is 10.8 Å². The minimum absolute atomic E-state index is 0.577. The highest BCUT2D eigenvalue weighted by Gasteiger charge is 2.22. The van der Waals surface area contributed by atoms with Crippen molar-refractivity contribution in [3.63, 3.8) is 0 Å². The van der Waals surface area contributed by atoms with Crippen molar-refractivity contribution in [1.29, 1.82) is 0 Å². The van der Waals surface area contributed by atoms with Crippen molar-refractivity contribution in [3.8, 4) is 5.75 Å². The maximum absolute atomic E-state index is 6.04. The van der Waals surface area contributed by atoms with Crippen LogP contribution in [0.25, 0.3) is 11.0 Å². The van der Waals surface area contributed by atoms with Crippen LogP contribution in [0, 0.1) is 5.92 Å². The molecule has 0 saturated heterocycles. The standard InChI is InChI=1S/C21H30N6OS/c1-25(2)13-16-12-23-21-24-18-6-5-17(11-19(18)27(21)14-16)28-9-4-8-26(3)15-20-22-7-10-29-20/h5-7,10-11,16H,4,8-9,12-15H2,1-3H3,(H,23,24). The van der Waals surface area contributed by atoms with Crippen LogP contribution >= 0.6 is 11.3 Å². The first-order chi connectivity index (χ1) is 14.1. The molecule has 1 unspecified atom stereocenters. The zero-order chi connectivity index (χ0) is 20.2. The predicted octanol–water partition coefficient (Wildman–Crippen LogP) is 3.00. The van der Waals surface area contributed by atoms with Gasteiger partial charge in [-0.25, -0.2) is 9.97 Å². The van der Waals surface area contributed by atoms with Gasteiger partial charge in [0, 0.05) is 49.7 Å². The molecule has 1 atom stereocenters. The van der Waals surface area contributed by atoms with E-state index in [1.807, 2.05) is 17.6 Å². The number of hydrogen-bond donors (Lipinski definition) is 1. The maximum atomic E-state index is 6.04. The summed E-state index contributed by atoms with van der Waals surface area (Å²) in [5.74, 6) is 2.46. The Labute approximate surface area is 176 Å². The van der Waals surface area contributed by atoms with Crippen molar-refractivity contribution in [2.24, 2.45) is 5.92 Å². The van der Waals surface area contributed by atoms with E-state index >= 15 is 0 Å². The summed E-state index contributed by atoms with van der Waals surface area (Å²) in [5, 5.41) is 6.67. The van der Waals surface area contributed by atoms with Gasteiger partial charge in [-0.15, -0.1) is 11.3 Å². The second-order valence-corrected chi connectivity index (χ2v) is 9.05. The normalized spacial score (nSPS) is 16.4. The highest BCUT2D eigenvalue weighted by molar-refractivity contribution is 7.09. The van der Waals surface area contributed by atoms with Gasteiger partial charge in [0.05, 0.1) is 24.2 Å². The summed E-state index contributed by atoms with van der Waals surface area (Å²) in [7, 11) is 6.38. The van der Waals surface area contributed by atoms with Gasteiger partial charge < -0.3 is 19.5 Å². The fraction of sp³-hybridized carbons (Fsp3) is 0.524. The Hall–Kier alpha value is -2.16. The Balaban J connectivity index is 1.33. The topological polar surface area (TPSA) is 58.5 Å². The maximum Gasteiger partial charge on any atom is 0.203 e. The van der Waals surface area contributed by atoms with Crippen molar-refractivity contribution in [2.45, 2.75) is 19.5 Å². The summed E-state index contributed by atoms with van der Waals surface area (Å²) in [6.45, 7) is 5.61. The van der Waals surface area contributed by atoms with Gasteiger partial charge in [-0.1, -0.05) is 0 Å². The SMILES string of the molecule is CN(C)CC1CNc2nc3ccc(OCCCN(C)Cc4nccs4)cc3n2C1. The van der Waals surface area contributed by atoms with Crippen LogP contribution in [-0.4, -0.2) is 71.7 Å². The van der Waals surface area contributed by atoms with Gasteiger partial charge in [-0.3, -0.25) is 4.90 Å². The Morgan fingerprint density at radius 3 is 3.00 bits per heavy atom. The van der Waals surface area contributed by atoms with E-state index in [1.54, 1.807) is 11.3 Å². The molecule has 0 spiro atoms.